The molecule has 0 saturated heterocycles. The summed E-state index contributed by atoms with van der Waals surface area (Å²) in [6, 6.07) is 6.46. The highest BCUT2D eigenvalue weighted by Crippen LogP contribution is 2.19. The summed E-state index contributed by atoms with van der Waals surface area (Å²) in [5.41, 5.74) is 0.586. The van der Waals surface area contributed by atoms with E-state index in [2.05, 4.69) is 16.0 Å². The van der Waals surface area contributed by atoms with Gasteiger partial charge in [-0.25, -0.2) is 4.79 Å². The topological polar surface area (TPSA) is 103 Å². The second-order valence-electron chi connectivity index (χ2n) is 8.18. The van der Waals surface area contributed by atoms with Gasteiger partial charge < -0.3 is 30.9 Å². The second-order valence-corrected chi connectivity index (χ2v) is 8.18. The van der Waals surface area contributed by atoms with Gasteiger partial charge in [0.2, 0.25) is 0 Å². The van der Waals surface area contributed by atoms with Crippen molar-refractivity contribution >= 4 is 11.7 Å². The number of benzene rings is 1. The van der Waals surface area contributed by atoms with Crippen molar-refractivity contribution in [3.8, 4) is 5.75 Å². The number of carbonyl (C=O) groups is 1. The van der Waals surface area contributed by atoms with Crippen LogP contribution in [0.15, 0.2) is 24.3 Å². The van der Waals surface area contributed by atoms with Gasteiger partial charge >= 0.3 is 6.03 Å². The number of amides is 2. The van der Waals surface area contributed by atoms with Crippen LogP contribution in [-0.2, 0) is 0 Å². The van der Waals surface area contributed by atoms with Crippen molar-refractivity contribution in [2.24, 2.45) is 0 Å². The number of carbonyl (C=O) groups excluding carboxylic acids is 1. The third-order valence-electron chi connectivity index (χ3n) is 4.47. The Labute approximate surface area is 161 Å². The quantitative estimate of drug-likeness (QED) is 0.500. The summed E-state index contributed by atoms with van der Waals surface area (Å²) in [6.45, 7) is 6.76. The molecule has 1 saturated carbocycles. The molecule has 1 aliphatic carbocycles. The van der Waals surface area contributed by atoms with Crippen LogP contribution in [0.1, 0.15) is 46.5 Å². The van der Waals surface area contributed by atoms with Gasteiger partial charge in [-0.2, -0.15) is 0 Å². The number of anilines is 1. The molecule has 1 unspecified atom stereocenters. The molecule has 152 valence electrons. The first-order chi connectivity index (χ1) is 12.7. The number of β-amino-alcohol motifs (C(OH)–C–C–N with tert-alkyl or cyclic N) is 1. The SMILES string of the molecule is CC(C)(C)NCC(O)COc1ccc(NC(=O)N[C@H]2CCCC[C@@H]2O)cc1. The van der Waals surface area contributed by atoms with Crippen molar-refractivity contribution < 1.29 is 19.7 Å². The van der Waals surface area contributed by atoms with E-state index in [9.17, 15) is 15.0 Å². The molecule has 0 radical (unpaired) electrons. The number of hydrogen-bond donors (Lipinski definition) is 5. The number of urea groups is 1. The normalized spacial score (nSPS) is 21.4. The number of hydrogen-bond acceptors (Lipinski definition) is 5. The Balaban J connectivity index is 1.73. The van der Waals surface area contributed by atoms with Gasteiger partial charge in [-0.1, -0.05) is 12.8 Å². The van der Waals surface area contributed by atoms with E-state index in [4.69, 9.17) is 4.74 Å². The molecule has 1 aromatic rings. The van der Waals surface area contributed by atoms with Crippen LogP contribution in [0.5, 0.6) is 5.75 Å². The summed E-state index contributed by atoms with van der Waals surface area (Å²) < 4.78 is 5.58. The van der Waals surface area contributed by atoms with Crippen LogP contribution >= 0.6 is 0 Å². The molecule has 1 fully saturated rings. The van der Waals surface area contributed by atoms with Gasteiger partial charge in [0, 0.05) is 17.8 Å². The Morgan fingerprint density at radius 2 is 1.89 bits per heavy atom. The number of ether oxygens (including phenoxy) is 1. The first-order valence-electron chi connectivity index (χ1n) is 9.64. The molecular formula is C20H33N3O4. The average Bonchev–Trinajstić information content (AvgIpc) is 2.61. The molecule has 7 heteroatoms. The monoisotopic (exact) mass is 379 g/mol. The van der Waals surface area contributed by atoms with Gasteiger partial charge in [0.05, 0.1) is 12.1 Å². The Morgan fingerprint density at radius 1 is 1.22 bits per heavy atom. The molecule has 1 aliphatic rings. The maximum Gasteiger partial charge on any atom is 0.319 e. The van der Waals surface area contributed by atoms with E-state index in [0.29, 0.717) is 18.0 Å². The van der Waals surface area contributed by atoms with Gasteiger partial charge in [-0.3, -0.25) is 0 Å². The van der Waals surface area contributed by atoms with E-state index in [0.717, 1.165) is 25.7 Å². The minimum Gasteiger partial charge on any atom is -0.491 e. The number of nitrogens with one attached hydrogen (secondary N) is 3. The molecule has 27 heavy (non-hydrogen) atoms. The van der Waals surface area contributed by atoms with E-state index in [1.165, 1.54) is 0 Å². The van der Waals surface area contributed by atoms with Crippen LogP contribution in [0.3, 0.4) is 0 Å². The van der Waals surface area contributed by atoms with Crippen molar-refractivity contribution in [3.05, 3.63) is 24.3 Å². The van der Waals surface area contributed by atoms with E-state index < -0.39 is 12.2 Å². The van der Waals surface area contributed by atoms with Crippen LogP contribution in [0, 0.1) is 0 Å². The summed E-state index contributed by atoms with van der Waals surface area (Å²) >= 11 is 0. The molecule has 0 aliphatic heterocycles. The van der Waals surface area contributed by atoms with Gasteiger partial charge in [-0.05, 0) is 57.9 Å². The van der Waals surface area contributed by atoms with Crippen molar-refractivity contribution in [3.63, 3.8) is 0 Å². The van der Waals surface area contributed by atoms with E-state index in [1.807, 2.05) is 20.8 Å². The van der Waals surface area contributed by atoms with Crippen LogP contribution in [0.2, 0.25) is 0 Å². The Bertz CT molecular complexity index is 586. The standard InChI is InChI=1S/C20H33N3O4/c1-20(2,3)21-12-15(24)13-27-16-10-8-14(9-11-16)22-19(26)23-17-6-4-5-7-18(17)25/h8-11,15,17-18,21,24-25H,4-7,12-13H2,1-3H3,(H2,22,23,26)/t15?,17-,18-/m0/s1. The van der Waals surface area contributed by atoms with Crippen LogP contribution < -0.4 is 20.7 Å². The summed E-state index contributed by atoms with van der Waals surface area (Å²) in [5, 5.41) is 28.7. The highest BCUT2D eigenvalue weighted by atomic mass is 16.5. The van der Waals surface area contributed by atoms with Crippen molar-refractivity contribution in [2.75, 3.05) is 18.5 Å². The van der Waals surface area contributed by atoms with Crippen molar-refractivity contribution in [1.29, 1.82) is 0 Å². The molecule has 0 bridgehead atoms. The fourth-order valence-corrected chi connectivity index (χ4v) is 2.93. The predicted octanol–water partition coefficient (Wildman–Crippen LogP) is 2.24. The lowest BCUT2D eigenvalue weighted by Crippen LogP contribution is -2.46. The number of aliphatic hydroxyl groups excluding tert-OH is 2. The Kier molecular flexibility index (Phi) is 7.89. The first kappa shape index (κ1) is 21.5. The van der Waals surface area contributed by atoms with E-state index in [1.54, 1.807) is 24.3 Å². The van der Waals surface area contributed by atoms with Crippen LogP contribution in [0.25, 0.3) is 0 Å². The fraction of sp³-hybridized carbons (Fsp3) is 0.650. The number of rotatable bonds is 7. The van der Waals surface area contributed by atoms with E-state index >= 15 is 0 Å². The molecule has 0 spiro atoms. The summed E-state index contributed by atoms with van der Waals surface area (Å²) in [7, 11) is 0. The van der Waals surface area contributed by atoms with Gasteiger partial charge in [-0.15, -0.1) is 0 Å². The van der Waals surface area contributed by atoms with Crippen molar-refractivity contribution in [1.82, 2.24) is 10.6 Å². The Morgan fingerprint density at radius 3 is 2.52 bits per heavy atom. The first-order valence-corrected chi connectivity index (χ1v) is 9.64. The minimum atomic E-state index is -0.602. The van der Waals surface area contributed by atoms with E-state index in [-0.39, 0.29) is 24.2 Å². The predicted molar refractivity (Wildman–Crippen MR) is 106 cm³/mol. The third-order valence-corrected chi connectivity index (χ3v) is 4.47. The minimum absolute atomic E-state index is 0.0530. The van der Waals surface area contributed by atoms with Crippen LogP contribution in [0.4, 0.5) is 10.5 Å². The molecule has 2 amide bonds. The van der Waals surface area contributed by atoms with Crippen molar-refractivity contribution in [2.45, 2.75) is 70.2 Å². The smallest absolute Gasteiger partial charge is 0.319 e. The maximum absolute atomic E-state index is 12.1. The highest BCUT2D eigenvalue weighted by Gasteiger charge is 2.24. The second kappa shape index (κ2) is 9.92. The molecular weight excluding hydrogens is 346 g/mol. The van der Waals surface area contributed by atoms with Gasteiger partial charge in [0.25, 0.3) is 0 Å². The fourth-order valence-electron chi connectivity index (χ4n) is 2.93. The zero-order valence-electron chi connectivity index (χ0n) is 16.5. The van der Waals surface area contributed by atoms with Gasteiger partial charge in [0.15, 0.2) is 0 Å². The summed E-state index contributed by atoms with van der Waals surface area (Å²) in [4.78, 5) is 12.1. The van der Waals surface area contributed by atoms with Crippen LogP contribution in [-0.4, -0.2) is 53.2 Å². The molecule has 2 rings (SSSR count). The molecule has 0 aromatic heterocycles. The summed E-state index contributed by atoms with van der Waals surface area (Å²) in [5.74, 6) is 0.624. The lowest BCUT2D eigenvalue weighted by Gasteiger charge is -2.28. The maximum atomic E-state index is 12.1. The zero-order chi connectivity index (χ0) is 19.9. The third kappa shape index (κ3) is 8.15. The largest absolute Gasteiger partial charge is 0.491 e. The Hall–Kier alpha value is -1.83. The average molecular weight is 380 g/mol. The summed E-state index contributed by atoms with van der Waals surface area (Å²) in [6.07, 6.45) is 2.48. The molecule has 3 atom stereocenters. The zero-order valence-corrected chi connectivity index (χ0v) is 16.5. The molecule has 0 heterocycles. The molecule has 5 N–H and O–H groups in total. The van der Waals surface area contributed by atoms with Gasteiger partial charge in [0.1, 0.15) is 18.5 Å². The number of aliphatic hydroxyl groups is 2. The molecule has 7 nitrogen and oxygen atoms in total. The molecule has 1 aromatic carbocycles. The lowest BCUT2D eigenvalue weighted by molar-refractivity contribution is 0.0955. The highest BCUT2D eigenvalue weighted by molar-refractivity contribution is 5.89. The lowest BCUT2D eigenvalue weighted by atomic mass is 9.93.